The Morgan fingerprint density at radius 2 is 1.80 bits per heavy atom. The molecule has 3 aromatic heterocycles. The van der Waals surface area contributed by atoms with Crippen LogP contribution in [0.25, 0.3) is 39.5 Å². The second-order valence-electron chi connectivity index (χ2n) is 5.62. The summed E-state index contributed by atoms with van der Waals surface area (Å²) < 4.78 is 7.47. The Kier molecular flexibility index (Phi) is 3.08. The molecule has 0 unspecified atom stereocenters. The third kappa shape index (κ3) is 2.21. The molecule has 0 spiro atoms. The van der Waals surface area contributed by atoms with Crippen molar-refractivity contribution in [2.45, 2.75) is 0 Å². The molecule has 0 radical (unpaired) electrons. The van der Waals surface area contributed by atoms with Gasteiger partial charge in [0.25, 0.3) is 0 Å². The normalized spacial score (nSPS) is 11.4. The molecular weight excluding hydrogens is 336 g/mol. The van der Waals surface area contributed by atoms with Gasteiger partial charge in [-0.25, -0.2) is 4.98 Å². The molecule has 120 valence electrons. The van der Waals surface area contributed by atoms with Crippen LogP contribution in [0.4, 0.5) is 0 Å². The lowest BCUT2D eigenvalue weighted by atomic mass is 10.1. The third-order valence-electron chi connectivity index (χ3n) is 4.07. The molecule has 0 N–H and O–H groups in total. The van der Waals surface area contributed by atoms with E-state index in [1.54, 1.807) is 6.26 Å². The minimum absolute atomic E-state index is 0.617. The predicted molar refractivity (Wildman–Crippen MR) is 96.4 cm³/mol. The second kappa shape index (κ2) is 5.43. The molecular formula is C19H11ClN4O. The SMILES string of the molecule is Clc1ccc2nc(-c3ccccc3)c3nnc(-c4ccco4)n3c2c1. The summed E-state index contributed by atoms with van der Waals surface area (Å²) in [6, 6.07) is 19.2. The molecule has 0 aliphatic heterocycles. The van der Waals surface area contributed by atoms with Crippen LogP contribution in [0.2, 0.25) is 5.02 Å². The smallest absolute Gasteiger partial charge is 0.204 e. The van der Waals surface area contributed by atoms with Crippen molar-refractivity contribution in [1.29, 1.82) is 0 Å². The fourth-order valence-corrected chi connectivity index (χ4v) is 3.13. The lowest BCUT2D eigenvalue weighted by Crippen LogP contribution is -1.97. The van der Waals surface area contributed by atoms with E-state index in [9.17, 15) is 0 Å². The summed E-state index contributed by atoms with van der Waals surface area (Å²) in [6.45, 7) is 0. The molecule has 0 saturated heterocycles. The maximum absolute atomic E-state index is 6.21. The Hall–Kier alpha value is -3.18. The highest BCUT2D eigenvalue weighted by atomic mass is 35.5. The Labute approximate surface area is 147 Å². The van der Waals surface area contributed by atoms with Gasteiger partial charge >= 0.3 is 0 Å². The first-order valence-electron chi connectivity index (χ1n) is 7.75. The Bertz CT molecular complexity index is 1200. The van der Waals surface area contributed by atoms with Crippen LogP contribution in [0.3, 0.4) is 0 Å². The Morgan fingerprint density at radius 1 is 0.920 bits per heavy atom. The van der Waals surface area contributed by atoms with Gasteiger partial charge in [0.2, 0.25) is 5.82 Å². The van der Waals surface area contributed by atoms with Crippen molar-refractivity contribution in [1.82, 2.24) is 19.6 Å². The van der Waals surface area contributed by atoms with Crippen LogP contribution in [-0.2, 0) is 0 Å². The van der Waals surface area contributed by atoms with Gasteiger partial charge in [-0.05, 0) is 30.3 Å². The number of rotatable bonds is 2. The van der Waals surface area contributed by atoms with Crippen molar-refractivity contribution in [3.05, 3.63) is 71.9 Å². The second-order valence-corrected chi connectivity index (χ2v) is 6.06. The van der Waals surface area contributed by atoms with Gasteiger partial charge in [-0.15, -0.1) is 10.2 Å². The molecule has 25 heavy (non-hydrogen) atoms. The highest BCUT2D eigenvalue weighted by molar-refractivity contribution is 6.31. The topological polar surface area (TPSA) is 56.2 Å². The number of hydrogen-bond donors (Lipinski definition) is 0. The number of hydrogen-bond acceptors (Lipinski definition) is 4. The van der Waals surface area contributed by atoms with Crippen molar-refractivity contribution in [3.8, 4) is 22.8 Å². The summed E-state index contributed by atoms with van der Waals surface area (Å²) in [4.78, 5) is 4.80. The van der Waals surface area contributed by atoms with E-state index < -0.39 is 0 Å². The minimum Gasteiger partial charge on any atom is -0.461 e. The van der Waals surface area contributed by atoms with Crippen LogP contribution in [0.5, 0.6) is 0 Å². The van der Waals surface area contributed by atoms with E-state index in [2.05, 4.69) is 10.2 Å². The summed E-state index contributed by atoms with van der Waals surface area (Å²) >= 11 is 6.21. The molecule has 2 aromatic carbocycles. The molecule has 5 aromatic rings. The van der Waals surface area contributed by atoms with Gasteiger partial charge in [-0.2, -0.15) is 0 Å². The lowest BCUT2D eigenvalue weighted by molar-refractivity contribution is 0.577. The molecule has 0 aliphatic carbocycles. The number of nitrogens with zero attached hydrogens (tertiary/aromatic N) is 4. The first kappa shape index (κ1) is 14.2. The summed E-state index contributed by atoms with van der Waals surface area (Å²) in [7, 11) is 0. The minimum atomic E-state index is 0.617. The highest BCUT2D eigenvalue weighted by Crippen LogP contribution is 2.30. The maximum atomic E-state index is 6.21. The van der Waals surface area contributed by atoms with E-state index in [0.717, 1.165) is 22.3 Å². The van der Waals surface area contributed by atoms with Crippen molar-refractivity contribution in [3.63, 3.8) is 0 Å². The van der Waals surface area contributed by atoms with Crippen LogP contribution < -0.4 is 0 Å². The van der Waals surface area contributed by atoms with Crippen LogP contribution in [0.15, 0.2) is 71.3 Å². The summed E-state index contributed by atoms with van der Waals surface area (Å²) in [5, 5.41) is 9.35. The van der Waals surface area contributed by atoms with Gasteiger partial charge in [0.1, 0.15) is 5.69 Å². The molecule has 0 saturated carbocycles. The zero-order valence-electron chi connectivity index (χ0n) is 12.9. The van der Waals surface area contributed by atoms with E-state index in [1.807, 2.05) is 65.1 Å². The standard InChI is InChI=1S/C19H11ClN4O/c20-13-8-9-14-15(11-13)24-18(16-7-4-10-25-16)22-23-19(24)17(21-14)12-5-2-1-3-6-12/h1-11H. The maximum Gasteiger partial charge on any atom is 0.204 e. The summed E-state index contributed by atoms with van der Waals surface area (Å²) in [5.74, 6) is 1.26. The average Bonchev–Trinajstić information content (AvgIpc) is 3.31. The number of benzene rings is 2. The summed E-state index contributed by atoms with van der Waals surface area (Å²) in [6.07, 6.45) is 1.62. The van der Waals surface area contributed by atoms with Crippen LogP contribution in [-0.4, -0.2) is 19.6 Å². The fraction of sp³-hybridized carbons (Fsp3) is 0. The first-order chi connectivity index (χ1) is 12.3. The Balaban J connectivity index is 1.95. The summed E-state index contributed by atoms with van der Waals surface area (Å²) in [5.41, 5.74) is 4.04. The molecule has 0 bridgehead atoms. The zero-order valence-corrected chi connectivity index (χ0v) is 13.7. The quantitative estimate of drug-likeness (QED) is 0.458. The van der Waals surface area contributed by atoms with Gasteiger partial charge < -0.3 is 4.42 Å². The van der Waals surface area contributed by atoms with Gasteiger partial charge in [0, 0.05) is 10.6 Å². The van der Waals surface area contributed by atoms with Gasteiger partial charge in [0.05, 0.1) is 17.3 Å². The van der Waals surface area contributed by atoms with E-state index in [0.29, 0.717) is 22.3 Å². The van der Waals surface area contributed by atoms with Crippen molar-refractivity contribution in [2.24, 2.45) is 0 Å². The predicted octanol–water partition coefficient (Wildman–Crippen LogP) is 4.86. The lowest BCUT2D eigenvalue weighted by Gasteiger charge is -2.08. The molecule has 6 heteroatoms. The molecule has 0 fully saturated rings. The van der Waals surface area contributed by atoms with Crippen LogP contribution >= 0.6 is 11.6 Å². The van der Waals surface area contributed by atoms with E-state index in [-0.39, 0.29) is 0 Å². The van der Waals surface area contributed by atoms with Gasteiger partial charge in [-0.1, -0.05) is 41.9 Å². The number of halogens is 1. The van der Waals surface area contributed by atoms with Gasteiger partial charge in [-0.3, -0.25) is 4.40 Å². The van der Waals surface area contributed by atoms with Crippen LogP contribution in [0.1, 0.15) is 0 Å². The van der Waals surface area contributed by atoms with Crippen LogP contribution in [0, 0.1) is 0 Å². The van der Waals surface area contributed by atoms with Crippen molar-refractivity contribution < 1.29 is 4.42 Å². The Morgan fingerprint density at radius 3 is 2.60 bits per heavy atom. The number of fused-ring (bicyclic) bond motifs is 3. The zero-order chi connectivity index (χ0) is 16.8. The third-order valence-corrected chi connectivity index (χ3v) is 4.31. The number of aromatic nitrogens is 4. The average molecular weight is 347 g/mol. The molecule has 0 aliphatic rings. The largest absolute Gasteiger partial charge is 0.461 e. The van der Waals surface area contributed by atoms with Crippen molar-refractivity contribution >= 4 is 28.3 Å². The van der Waals surface area contributed by atoms with Gasteiger partial charge in [0.15, 0.2) is 11.4 Å². The molecule has 0 atom stereocenters. The molecule has 5 rings (SSSR count). The van der Waals surface area contributed by atoms with Crippen molar-refractivity contribution in [2.75, 3.05) is 0 Å². The van der Waals surface area contributed by atoms with E-state index >= 15 is 0 Å². The fourth-order valence-electron chi connectivity index (χ4n) is 2.96. The molecule has 3 heterocycles. The number of furan rings is 1. The van der Waals surface area contributed by atoms with E-state index in [1.165, 1.54) is 0 Å². The molecule has 0 amide bonds. The highest BCUT2D eigenvalue weighted by Gasteiger charge is 2.18. The van der Waals surface area contributed by atoms with E-state index in [4.69, 9.17) is 21.0 Å². The monoisotopic (exact) mass is 346 g/mol. The molecule has 5 nitrogen and oxygen atoms in total. The first-order valence-corrected chi connectivity index (χ1v) is 8.13.